The second-order valence-electron chi connectivity index (χ2n) is 4.33. The maximum atomic E-state index is 12.6. The van der Waals surface area contributed by atoms with E-state index in [-0.39, 0.29) is 16.5 Å². The first kappa shape index (κ1) is 15.4. The van der Waals surface area contributed by atoms with E-state index in [9.17, 15) is 18.0 Å². The first-order chi connectivity index (χ1) is 10.9. The molecule has 0 aliphatic rings. The lowest BCUT2D eigenvalue weighted by Crippen LogP contribution is -2.09. The molecule has 3 heterocycles. The fourth-order valence-corrected chi connectivity index (χ4v) is 3.33. The van der Waals surface area contributed by atoms with Crippen molar-refractivity contribution in [2.24, 2.45) is 0 Å². The van der Waals surface area contributed by atoms with Gasteiger partial charge in [-0.2, -0.15) is 29.8 Å². The second kappa shape index (κ2) is 5.60. The minimum absolute atomic E-state index is 0.0509. The lowest BCUT2D eigenvalue weighted by Gasteiger charge is -2.02. The monoisotopic (exact) mass is 354 g/mol. The number of alkyl halides is 3. The van der Waals surface area contributed by atoms with Gasteiger partial charge in [0.05, 0.1) is 11.3 Å². The zero-order valence-electron chi connectivity index (χ0n) is 11.0. The lowest BCUT2D eigenvalue weighted by molar-refractivity contribution is -0.140. The van der Waals surface area contributed by atoms with Gasteiger partial charge in [-0.15, -0.1) is 11.3 Å². The maximum absolute atomic E-state index is 12.6. The summed E-state index contributed by atoms with van der Waals surface area (Å²) >= 11 is 1.99. The van der Waals surface area contributed by atoms with Crippen LogP contribution in [0.3, 0.4) is 0 Å². The highest BCUT2D eigenvalue weighted by atomic mass is 32.1. The van der Waals surface area contributed by atoms with E-state index >= 15 is 0 Å². The van der Waals surface area contributed by atoms with Gasteiger partial charge in [0.25, 0.3) is 5.56 Å². The van der Waals surface area contributed by atoms with Gasteiger partial charge >= 0.3 is 6.18 Å². The molecule has 0 unspecified atom stereocenters. The summed E-state index contributed by atoms with van der Waals surface area (Å²) < 4.78 is 37.8. The Kier molecular flexibility index (Phi) is 3.75. The number of halogens is 3. The van der Waals surface area contributed by atoms with Crippen molar-refractivity contribution in [1.82, 2.24) is 15.0 Å². The number of thiazole rings is 1. The minimum atomic E-state index is -4.56. The van der Waals surface area contributed by atoms with Crippen LogP contribution in [-0.4, -0.2) is 15.0 Å². The molecule has 3 aromatic rings. The van der Waals surface area contributed by atoms with Crippen molar-refractivity contribution in [1.29, 1.82) is 5.26 Å². The first-order valence-corrected chi connectivity index (χ1v) is 7.82. The predicted octanol–water partition coefficient (Wildman–Crippen LogP) is 3.51. The summed E-state index contributed by atoms with van der Waals surface area (Å²) in [5.74, 6) is -0.0666. The van der Waals surface area contributed by atoms with Crippen LogP contribution < -0.4 is 5.56 Å². The molecule has 0 atom stereocenters. The van der Waals surface area contributed by atoms with Crippen molar-refractivity contribution in [3.8, 4) is 28.2 Å². The highest BCUT2D eigenvalue weighted by molar-refractivity contribution is 7.13. The van der Waals surface area contributed by atoms with Crippen molar-refractivity contribution in [2.75, 3.05) is 0 Å². The SMILES string of the molecule is N#Cc1cscc1-c1cc(=O)[nH]c(-c2nc(C(F)(F)F)cs2)n1. The molecule has 0 spiro atoms. The van der Waals surface area contributed by atoms with Crippen molar-refractivity contribution >= 4 is 22.7 Å². The molecule has 0 saturated carbocycles. The van der Waals surface area contributed by atoms with Gasteiger partial charge in [-0.05, 0) is 0 Å². The molecule has 0 aliphatic carbocycles. The summed E-state index contributed by atoms with van der Waals surface area (Å²) in [4.78, 5) is 21.7. The second-order valence-corrected chi connectivity index (χ2v) is 5.93. The van der Waals surface area contributed by atoms with Crippen LogP contribution in [0.25, 0.3) is 22.1 Å². The lowest BCUT2D eigenvalue weighted by atomic mass is 10.1. The average Bonchev–Trinajstić information content (AvgIpc) is 3.15. The summed E-state index contributed by atoms with van der Waals surface area (Å²) in [6.45, 7) is 0. The van der Waals surface area contributed by atoms with Gasteiger partial charge in [0, 0.05) is 27.8 Å². The van der Waals surface area contributed by atoms with Crippen molar-refractivity contribution in [3.05, 3.63) is 43.8 Å². The molecular formula is C13H5F3N4OS2. The third-order valence-corrected chi connectivity index (χ3v) is 4.39. The van der Waals surface area contributed by atoms with Gasteiger partial charge in [-0.25, -0.2) is 9.97 Å². The van der Waals surface area contributed by atoms with E-state index in [4.69, 9.17) is 5.26 Å². The van der Waals surface area contributed by atoms with Crippen molar-refractivity contribution in [3.63, 3.8) is 0 Å². The molecule has 10 heteroatoms. The van der Waals surface area contributed by atoms with Crippen LogP contribution in [0.1, 0.15) is 11.3 Å². The number of rotatable bonds is 2. The Morgan fingerprint density at radius 1 is 1.22 bits per heavy atom. The maximum Gasteiger partial charge on any atom is 0.434 e. The van der Waals surface area contributed by atoms with Crippen LogP contribution in [0.5, 0.6) is 0 Å². The number of hydrogen-bond acceptors (Lipinski definition) is 6. The van der Waals surface area contributed by atoms with Gasteiger partial charge in [0.15, 0.2) is 16.5 Å². The molecule has 5 nitrogen and oxygen atoms in total. The molecule has 0 saturated heterocycles. The number of aromatic nitrogens is 3. The fraction of sp³-hybridized carbons (Fsp3) is 0.0769. The molecule has 0 radical (unpaired) electrons. The molecule has 3 aromatic heterocycles. The van der Waals surface area contributed by atoms with Crippen LogP contribution in [0, 0.1) is 11.3 Å². The van der Waals surface area contributed by atoms with E-state index in [0.717, 1.165) is 16.7 Å². The Hall–Kier alpha value is -2.51. The Morgan fingerprint density at radius 2 is 2.00 bits per heavy atom. The quantitative estimate of drug-likeness (QED) is 0.763. The summed E-state index contributed by atoms with van der Waals surface area (Å²) in [7, 11) is 0. The molecule has 0 bridgehead atoms. The summed E-state index contributed by atoms with van der Waals surface area (Å²) in [6.07, 6.45) is -4.56. The molecular weight excluding hydrogens is 349 g/mol. The fourth-order valence-electron chi connectivity index (χ4n) is 1.79. The summed E-state index contributed by atoms with van der Waals surface area (Å²) in [6, 6.07) is 3.16. The van der Waals surface area contributed by atoms with Crippen LogP contribution in [0.4, 0.5) is 13.2 Å². The molecule has 116 valence electrons. The highest BCUT2D eigenvalue weighted by Gasteiger charge is 2.34. The Morgan fingerprint density at radius 3 is 2.65 bits per heavy atom. The molecule has 23 heavy (non-hydrogen) atoms. The average molecular weight is 354 g/mol. The normalized spacial score (nSPS) is 11.4. The summed E-state index contributed by atoms with van der Waals surface area (Å²) in [5.41, 5.74) is -0.570. The minimum Gasteiger partial charge on any atom is -0.304 e. The molecule has 0 aliphatic heterocycles. The number of H-pyrrole nitrogens is 1. The van der Waals surface area contributed by atoms with Gasteiger partial charge in [-0.1, -0.05) is 0 Å². The molecule has 0 fully saturated rings. The van der Waals surface area contributed by atoms with E-state index in [1.54, 1.807) is 10.8 Å². The number of nitrogens with one attached hydrogen (secondary N) is 1. The Balaban J connectivity index is 2.10. The van der Waals surface area contributed by atoms with Crippen LogP contribution >= 0.6 is 22.7 Å². The summed E-state index contributed by atoms with van der Waals surface area (Å²) in [5, 5.41) is 13.1. The zero-order valence-corrected chi connectivity index (χ0v) is 12.6. The Labute approximate surface area is 134 Å². The largest absolute Gasteiger partial charge is 0.434 e. The van der Waals surface area contributed by atoms with Gasteiger partial charge in [0.1, 0.15) is 6.07 Å². The third kappa shape index (κ3) is 3.01. The van der Waals surface area contributed by atoms with E-state index in [0.29, 0.717) is 11.1 Å². The van der Waals surface area contributed by atoms with Crippen LogP contribution in [-0.2, 0) is 6.18 Å². The highest BCUT2D eigenvalue weighted by Crippen LogP contribution is 2.33. The van der Waals surface area contributed by atoms with E-state index in [1.165, 1.54) is 17.4 Å². The van der Waals surface area contributed by atoms with Crippen molar-refractivity contribution in [2.45, 2.75) is 6.18 Å². The zero-order chi connectivity index (χ0) is 16.6. The standard InChI is InChI=1S/C13H5F3N4OS2/c14-13(15,16)9-5-23-12(19-9)11-18-8(1-10(21)20-11)7-4-22-3-6(7)2-17/h1,3-5H,(H,18,20,21). The number of nitrogens with zero attached hydrogens (tertiary/aromatic N) is 3. The number of thiophene rings is 1. The third-order valence-electron chi connectivity index (χ3n) is 2.80. The molecule has 0 amide bonds. The van der Waals surface area contributed by atoms with Gasteiger partial charge in [-0.3, -0.25) is 4.79 Å². The number of aromatic amines is 1. The van der Waals surface area contributed by atoms with E-state index in [2.05, 4.69) is 15.0 Å². The van der Waals surface area contributed by atoms with Gasteiger partial charge in [0.2, 0.25) is 0 Å². The smallest absolute Gasteiger partial charge is 0.304 e. The van der Waals surface area contributed by atoms with Crippen molar-refractivity contribution < 1.29 is 13.2 Å². The molecule has 3 rings (SSSR count). The molecule has 1 N–H and O–H groups in total. The number of hydrogen-bond donors (Lipinski definition) is 1. The first-order valence-electron chi connectivity index (χ1n) is 5.99. The Bertz CT molecular complexity index is 964. The molecule has 0 aromatic carbocycles. The van der Waals surface area contributed by atoms with Crippen LogP contribution in [0.2, 0.25) is 0 Å². The number of nitriles is 1. The van der Waals surface area contributed by atoms with Crippen LogP contribution in [0.15, 0.2) is 27.0 Å². The topological polar surface area (TPSA) is 82.4 Å². The van der Waals surface area contributed by atoms with Gasteiger partial charge < -0.3 is 4.98 Å². The predicted molar refractivity (Wildman–Crippen MR) is 79.0 cm³/mol. The van der Waals surface area contributed by atoms with E-state index < -0.39 is 17.4 Å². The van der Waals surface area contributed by atoms with E-state index in [1.807, 2.05) is 6.07 Å².